The average Bonchev–Trinajstić information content (AvgIpc) is 3.06. The largest absolute Gasteiger partial charge is 0.294 e. The van der Waals surface area contributed by atoms with Crippen LogP contribution in [0.25, 0.3) is 33.3 Å². The molecule has 0 amide bonds. The standard InChI is InChI=1S/C24H29N5O2S/c1-14-12-17(15(2)27-32(31)24(3,4)5)20-18(13-14)23(30)28(6)22(25-20)21-16-10-8-9-11-19(16)29(7)26-21/h8-13,15,27H,1-7H3/t15-,32?/m1/s1. The van der Waals surface area contributed by atoms with Crippen molar-refractivity contribution in [3.8, 4) is 11.5 Å². The van der Waals surface area contributed by atoms with Gasteiger partial charge >= 0.3 is 0 Å². The molecule has 1 N–H and O–H groups in total. The maximum Gasteiger partial charge on any atom is 0.261 e. The van der Waals surface area contributed by atoms with E-state index in [1.807, 2.05) is 78.1 Å². The summed E-state index contributed by atoms with van der Waals surface area (Å²) in [6, 6.07) is 11.5. The summed E-state index contributed by atoms with van der Waals surface area (Å²) in [6.45, 7) is 9.68. The molecule has 0 radical (unpaired) electrons. The van der Waals surface area contributed by atoms with Gasteiger partial charge in [-0.3, -0.25) is 14.0 Å². The molecule has 4 aromatic rings. The smallest absolute Gasteiger partial charge is 0.261 e. The van der Waals surface area contributed by atoms with Crippen molar-refractivity contribution in [3.63, 3.8) is 0 Å². The van der Waals surface area contributed by atoms with Crippen LogP contribution in [-0.4, -0.2) is 28.3 Å². The minimum Gasteiger partial charge on any atom is -0.294 e. The second kappa shape index (κ2) is 7.94. The first-order chi connectivity index (χ1) is 15.0. The molecular formula is C24H29N5O2S. The first kappa shape index (κ1) is 22.4. The fourth-order valence-electron chi connectivity index (χ4n) is 3.87. The Labute approximate surface area is 190 Å². The Bertz CT molecular complexity index is 1430. The van der Waals surface area contributed by atoms with E-state index in [-0.39, 0.29) is 11.6 Å². The summed E-state index contributed by atoms with van der Waals surface area (Å²) >= 11 is 0. The molecule has 0 aliphatic rings. The highest BCUT2D eigenvalue weighted by atomic mass is 32.2. The summed E-state index contributed by atoms with van der Waals surface area (Å²) in [5.74, 6) is 0.508. The lowest BCUT2D eigenvalue weighted by molar-refractivity contribution is 0.617. The van der Waals surface area contributed by atoms with E-state index in [4.69, 9.17) is 4.98 Å². The Morgan fingerprint density at radius 1 is 1.09 bits per heavy atom. The van der Waals surface area contributed by atoms with Crippen LogP contribution in [0.5, 0.6) is 0 Å². The molecular weight excluding hydrogens is 422 g/mol. The minimum absolute atomic E-state index is 0.131. The summed E-state index contributed by atoms with van der Waals surface area (Å²) in [4.78, 5) is 18.3. The van der Waals surface area contributed by atoms with Gasteiger partial charge in [0.05, 0.1) is 32.2 Å². The predicted molar refractivity (Wildman–Crippen MR) is 131 cm³/mol. The third-order valence-electron chi connectivity index (χ3n) is 5.63. The molecule has 4 rings (SSSR count). The van der Waals surface area contributed by atoms with Gasteiger partial charge < -0.3 is 0 Å². The van der Waals surface area contributed by atoms with Crippen LogP contribution < -0.4 is 10.3 Å². The molecule has 0 fully saturated rings. The molecule has 0 saturated heterocycles. The molecule has 32 heavy (non-hydrogen) atoms. The van der Waals surface area contributed by atoms with Gasteiger partial charge in [-0.05, 0) is 57.9 Å². The van der Waals surface area contributed by atoms with E-state index in [0.717, 1.165) is 22.0 Å². The molecule has 0 bridgehead atoms. The second-order valence-corrected chi connectivity index (χ2v) is 11.3. The van der Waals surface area contributed by atoms with E-state index in [0.29, 0.717) is 22.4 Å². The van der Waals surface area contributed by atoms with Crippen molar-refractivity contribution in [1.82, 2.24) is 24.1 Å². The van der Waals surface area contributed by atoms with Gasteiger partial charge in [0.25, 0.3) is 5.56 Å². The first-order valence-electron chi connectivity index (χ1n) is 10.6. The van der Waals surface area contributed by atoms with Crippen LogP contribution in [0.4, 0.5) is 0 Å². The van der Waals surface area contributed by atoms with E-state index in [1.165, 1.54) is 0 Å². The lowest BCUT2D eigenvalue weighted by Gasteiger charge is -2.23. The van der Waals surface area contributed by atoms with Crippen LogP contribution in [0.3, 0.4) is 0 Å². The van der Waals surface area contributed by atoms with Gasteiger partial charge in [0, 0.05) is 25.5 Å². The Balaban J connectivity index is 1.97. The highest BCUT2D eigenvalue weighted by molar-refractivity contribution is 7.84. The molecule has 2 heterocycles. The van der Waals surface area contributed by atoms with Gasteiger partial charge in [-0.1, -0.05) is 24.3 Å². The minimum atomic E-state index is -1.26. The van der Waals surface area contributed by atoms with E-state index in [2.05, 4.69) is 9.82 Å². The zero-order valence-electron chi connectivity index (χ0n) is 19.6. The number of nitrogens with one attached hydrogen (secondary N) is 1. The zero-order chi connectivity index (χ0) is 23.4. The topological polar surface area (TPSA) is 81.8 Å². The number of hydrogen-bond donors (Lipinski definition) is 1. The Morgan fingerprint density at radius 3 is 2.47 bits per heavy atom. The number of rotatable bonds is 4. The van der Waals surface area contributed by atoms with Gasteiger partial charge in [-0.15, -0.1) is 0 Å². The molecule has 2 atom stereocenters. The fourth-order valence-corrected chi connectivity index (χ4v) is 4.68. The molecule has 168 valence electrons. The summed E-state index contributed by atoms with van der Waals surface area (Å²) in [5.41, 5.74) is 3.91. The molecule has 1 unspecified atom stereocenters. The van der Waals surface area contributed by atoms with Crippen molar-refractivity contribution in [1.29, 1.82) is 0 Å². The first-order valence-corrected chi connectivity index (χ1v) is 11.8. The summed E-state index contributed by atoms with van der Waals surface area (Å²) in [7, 11) is 2.35. The van der Waals surface area contributed by atoms with Gasteiger partial charge in [0.2, 0.25) is 0 Å². The van der Waals surface area contributed by atoms with E-state index < -0.39 is 15.7 Å². The Morgan fingerprint density at radius 2 is 1.78 bits per heavy atom. The number of aromatic nitrogens is 4. The number of benzene rings is 2. The monoisotopic (exact) mass is 451 g/mol. The molecule has 7 nitrogen and oxygen atoms in total. The number of hydrogen-bond acceptors (Lipinski definition) is 4. The van der Waals surface area contributed by atoms with Crippen molar-refractivity contribution >= 4 is 32.8 Å². The van der Waals surface area contributed by atoms with Crippen LogP contribution in [0.15, 0.2) is 41.2 Å². The van der Waals surface area contributed by atoms with Crippen molar-refractivity contribution in [2.45, 2.75) is 45.4 Å². The highest BCUT2D eigenvalue weighted by Gasteiger charge is 2.24. The zero-order valence-corrected chi connectivity index (χ0v) is 20.4. The number of para-hydroxylation sites is 1. The SMILES string of the molecule is Cc1cc([C@@H](C)NS(=O)C(C)(C)C)c2nc(-c3nn(C)c4ccccc34)n(C)c(=O)c2c1. The molecule has 8 heteroatoms. The van der Waals surface area contributed by atoms with Crippen LogP contribution >= 0.6 is 0 Å². The Hall–Kier alpha value is -2.84. The van der Waals surface area contributed by atoms with Crippen LogP contribution in [-0.2, 0) is 25.1 Å². The summed E-state index contributed by atoms with van der Waals surface area (Å²) in [5, 5.41) is 6.15. The summed E-state index contributed by atoms with van der Waals surface area (Å²) in [6.07, 6.45) is 0. The summed E-state index contributed by atoms with van der Waals surface area (Å²) < 4.78 is 18.9. The average molecular weight is 452 g/mol. The molecule has 2 aromatic heterocycles. The quantitative estimate of drug-likeness (QED) is 0.510. The van der Waals surface area contributed by atoms with Crippen LogP contribution in [0.1, 0.15) is 44.9 Å². The lowest BCUT2D eigenvalue weighted by atomic mass is 10.0. The van der Waals surface area contributed by atoms with Crippen LogP contribution in [0.2, 0.25) is 0 Å². The third-order valence-corrected chi connectivity index (χ3v) is 7.31. The second-order valence-electron chi connectivity index (χ2n) is 9.26. The molecule has 0 spiro atoms. The van der Waals surface area contributed by atoms with Crippen molar-refractivity contribution in [3.05, 3.63) is 57.9 Å². The van der Waals surface area contributed by atoms with Crippen molar-refractivity contribution in [2.24, 2.45) is 14.1 Å². The van der Waals surface area contributed by atoms with Gasteiger partial charge in [-0.2, -0.15) is 5.10 Å². The van der Waals surface area contributed by atoms with Crippen molar-refractivity contribution in [2.75, 3.05) is 0 Å². The number of fused-ring (bicyclic) bond motifs is 2. The number of aryl methyl sites for hydroxylation is 2. The van der Waals surface area contributed by atoms with Gasteiger partial charge in [0.15, 0.2) is 5.82 Å². The predicted octanol–water partition coefficient (Wildman–Crippen LogP) is 3.91. The van der Waals surface area contributed by atoms with Crippen LogP contribution in [0, 0.1) is 6.92 Å². The normalized spacial score (nSPS) is 14.2. The lowest BCUT2D eigenvalue weighted by Crippen LogP contribution is -2.35. The fraction of sp³-hybridized carbons (Fsp3) is 0.375. The Kier molecular flexibility index (Phi) is 5.55. The van der Waals surface area contributed by atoms with E-state index in [1.54, 1.807) is 16.3 Å². The van der Waals surface area contributed by atoms with Crippen molar-refractivity contribution < 1.29 is 4.21 Å². The molecule has 2 aromatic carbocycles. The molecule has 0 saturated carbocycles. The van der Waals surface area contributed by atoms with E-state index in [9.17, 15) is 9.00 Å². The number of nitrogens with zero attached hydrogens (tertiary/aromatic N) is 4. The molecule has 0 aliphatic heterocycles. The third kappa shape index (κ3) is 3.78. The van der Waals surface area contributed by atoms with E-state index >= 15 is 0 Å². The maximum atomic E-state index is 13.4. The highest BCUT2D eigenvalue weighted by Crippen LogP contribution is 2.29. The molecule has 0 aliphatic carbocycles. The maximum absolute atomic E-state index is 13.4. The van der Waals surface area contributed by atoms with Gasteiger partial charge in [0.1, 0.15) is 5.69 Å². The van der Waals surface area contributed by atoms with Gasteiger partial charge in [-0.25, -0.2) is 13.9 Å².